The Morgan fingerprint density at radius 2 is 2.47 bits per heavy atom. The summed E-state index contributed by atoms with van der Waals surface area (Å²) in [5.74, 6) is -0.236. The maximum Gasteiger partial charge on any atom is 0.267 e. The maximum absolute atomic E-state index is 11.8. The highest BCUT2D eigenvalue weighted by molar-refractivity contribution is 5.75. The summed E-state index contributed by atoms with van der Waals surface area (Å²) in [6, 6.07) is 1.55. The van der Waals surface area contributed by atoms with Crippen LogP contribution < -0.4 is 16.2 Å². The number of nitrogens with zero attached hydrogens (tertiary/aromatic N) is 2. The third-order valence-corrected chi connectivity index (χ3v) is 2.94. The van der Waals surface area contributed by atoms with Crippen molar-refractivity contribution in [3.8, 4) is 0 Å². The van der Waals surface area contributed by atoms with Gasteiger partial charge in [0.25, 0.3) is 5.56 Å². The number of rotatable bonds is 5. The van der Waals surface area contributed by atoms with E-state index in [9.17, 15) is 9.59 Å². The summed E-state index contributed by atoms with van der Waals surface area (Å²) >= 11 is 0. The molecule has 0 unspecified atom stereocenters. The van der Waals surface area contributed by atoms with Crippen LogP contribution in [0.2, 0.25) is 0 Å². The first-order chi connectivity index (χ1) is 9.20. The van der Waals surface area contributed by atoms with Crippen LogP contribution in [0.25, 0.3) is 0 Å². The van der Waals surface area contributed by atoms with Gasteiger partial charge in [-0.2, -0.15) is 5.10 Å². The molecule has 0 atom stereocenters. The van der Waals surface area contributed by atoms with Crippen molar-refractivity contribution in [3.63, 3.8) is 0 Å². The number of methoxy groups -OCH3 is 1. The zero-order chi connectivity index (χ0) is 13.7. The number of amides is 1. The molecule has 0 bridgehead atoms. The Balaban J connectivity index is 2.04. The monoisotopic (exact) mass is 266 g/mol. The van der Waals surface area contributed by atoms with Crippen molar-refractivity contribution in [2.75, 3.05) is 26.8 Å². The van der Waals surface area contributed by atoms with Gasteiger partial charge < -0.3 is 15.4 Å². The van der Waals surface area contributed by atoms with Crippen molar-refractivity contribution >= 4 is 5.91 Å². The molecule has 104 valence electrons. The number of ether oxygens (including phenoxy) is 1. The summed E-state index contributed by atoms with van der Waals surface area (Å²) in [6.07, 6.45) is 0.779. The zero-order valence-electron chi connectivity index (χ0n) is 10.9. The van der Waals surface area contributed by atoms with Crippen molar-refractivity contribution in [1.29, 1.82) is 0 Å². The molecule has 1 aliphatic heterocycles. The van der Waals surface area contributed by atoms with Gasteiger partial charge in [0.1, 0.15) is 6.54 Å². The Labute approximate surface area is 110 Å². The first-order valence-corrected chi connectivity index (χ1v) is 6.27. The number of fused-ring (bicyclic) bond motifs is 1. The van der Waals surface area contributed by atoms with Gasteiger partial charge in [0.05, 0.1) is 12.3 Å². The van der Waals surface area contributed by atoms with Gasteiger partial charge in [0, 0.05) is 39.2 Å². The molecular formula is C12H18N4O3. The predicted molar refractivity (Wildman–Crippen MR) is 68.8 cm³/mol. The number of carbonyl (C=O) groups is 1. The lowest BCUT2D eigenvalue weighted by molar-refractivity contribution is -0.122. The van der Waals surface area contributed by atoms with E-state index in [4.69, 9.17) is 4.74 Å². The second-order valence-corrected chi connectivity index (χ2v) is 4.38. The first kappa shape index (κ1) is 13.7. The van der Waals surface area contributed by atoms with Gasteiger partial charge in [0.15, 0.2) is 0 Å². The van der Waals surface area contributed by atoms with Gasteiger partial charge in [-0.15, -0.1) is 0 Å². The van der Waals surface area contributed by atoms with E-state index in [0.717, 1.165) is 24.2 Å². The number of nitrogens with one attached hydrogen (secondary N) is 2. The minimum absolute atomic E-state index is 0.0523. The van der Waals surface area contributed by atoms with Crippen LogP contribution >= 0.6 is 0 Å². The number of aromatic nitrogens is 2. The fraction of sp³-hybridized carbons (Fsp3) is 0.583. The van der Waals surface area contributed by atoms with Crippen LogP contribution in [-0.2, 0) is 29.0 Å². The highest BCUT2D eigenvalue weighted by atomic mass is 16.5. The molecule has 2 heterocycles. The molecule has 0 spiro atoms. The van der Waals surface area contributed by atoms with Crippen molar-refractivity contribution in [2.24, 2.45) is 0 Å². The van der Waals surface area contributed by atoms with Crippen LogP contribution in [-0.4, -0.2) is 42.5 Å². The third-order valence-electron chi connectivity index (χ3n) is 2.94. The summed E-state index contributed by atoms with van der Waals surface area (Å²) in [6.45, 7) is 2.34. The van der Waals surface area contributed by atoms with E-state index < -0.39 is 0 Å². The molecule has 19 heavy (non-hydrogen) atoms. The topological polar surface area (TPSA) is 85.2 Å². The highest BCUT2D eigenvalue weighted by Crippen LogP contribution is 2.07. The molecule has 1 aliphatic rings. The van der Waals surface area contributed by atoms with E-state index >= 15 is 0 Å². The fourth-order valence-corrected chi connectivity index (χ4v) is 1.96. The molecule has 0 saturated carbocycles. The summed E-state index contributed by atoms with van der Waals surface area (Å²) in [5.41, 5.74) is 1.57. The fourth-order valence-electron chi connectivity index (χ4n) is 1.96. The van der Waals surface area contributed by atoms with Crippen LogP contribution in [0.3, 0.4) is 0 Å². The molecule has 1 aromatic rings. The van der Waals surface area contributed by atoms with Crippen LogP contribution in [0.4, 0.5) is 0 Å². The molecule has 0 radical (unpaired) electrons. The highest BCUT2D eigenvalue weighted by Gasteiger charge is 2.14. The average Bonchev–Trinajstić information content (AvgIpc) is 2.40. The van der Waals surface area contributed by atoms with Gasteiger partial charge in [0.2, 0.25) is 5.91 Å². The molecule has 0 aromatic carbocycles. The van der Waals surface area contributed by atoms with E-state index in [1.807, 2.05) is 0 Å². The molecule has 1 aromatic heterocycles. The number of hydrogen-bond donors (Lipinski definition) is 2. The second kappa shape index (κ2) is 6.44. The van der Waals surface area contributed by atoms with Gasteiger partial charge in [-0.25, -0.2) is 4.68 Å². The molecule has 0 fully saturated rings. The minimum Gasteiger partial charge on any atom is -0.383 e. The van der Waals surface area contributed by atoms with Crippen LogP contribution in [0.5, 0.6) is 0 Å². The lowest BCUT2D eigenvalue weighted by atomic mass is 10.1. The summed E-state index contributed by atoms with van der Waals surface area (Å²) in [4.78, 5) is 23.5. The Morgan fingerprint density at radius 1 is 1.63 bits per heavy atom. The van der Waals surface area contributed by atoms with Gasteiger partial charge in [-0.05, 0) is 5.56 Å². The standard InChI is InChI=1S/C12H18N4O3/c1-19-5-4-14-11(17)8-16-12(18)6-9-7-13-3-2-10(9)15-16/h6,13H,2-5,7-8H2,1H3,(H,14,17). The van der Waals surface area contributed by atoms with E-state index in [2.05, 4.69) is 15.7 Å². The van der Waals surface area contributed by atoms with Crippen LogP contribution in [0.1, 0.15) is 11.3 Å². The quantitative estimate of drug-likeness (QED) is 0.644. The van der Waals surface area contributed by atoms with E-state index in [0.29, 0.717) is 19.7 Å². The first-order valence-electron chi connectivity index (χ1n) is 6.27. The van der Waals surface area contributed by atoms with Crippen molar-refractivity contribution < 1.29 is 9.53 Å². The van der Waals surface area contributed by atoms with Gasteiger partial charge in [-0.1, -0.05) is 0 Å². The largest absolute Gasteiger partial charge is 0.383 e. The molecule has 7 nitrogen and oxygen atoms in total. The molecule has 2 rings (SSSR count). The Morgan fingerprint density at radius 3 is 3.26 bits per heavy atom. The Kier molecular flexibility index (Phi) is 4.64. The van der Waals surface area contributed by atoms with Crippen LogP contribution in [0, 0.1) is 0 Å². The van der Waals surface area contributed by atoms with E-state index in [1.165, 1.54) is 4.68 Å². The van der Waals surface area contributed by atoms with Crippen molar-refractivity contribution in [3.05, 3.63) is 27.7 Å². The molecule has 1 amide bonds. The SMILES string of the molecule is COCCNC(=O)Cn1nc2c(cc1=O)CNCC2. The third kappa shape index (κ3) is 3.62. The Hall–Kier alpha value is -1.73. The molecule has 2 N–H and O–H groups in total. The van der Waals surface area contributed by atoms with Crippen molar-refractivity contribution in [2.45, 2.75) is 19.5 Å². The summed E-state index contributed by atoms with van der Waals surface area (Å²) < 4.78 is 6.05. The van der Waals surface area contributed by atoms with Crippen molar-refractivity contribution in [1.82, 2.24) is 20.4 Å². The molecule has 7 heteroatoms. The van der Waals surface area contributed by atoms with Gasteiger partial charge in [-0.3, -0.25) is 9.59 Å². The number of carbonyl (C=O) groups excluding carboxylic acids is 1. The second-order valence-electron chi connectivity index (χ2n) is 4.38. The molecule has 0 saturated heterocycles. The Bertz CT molecular complexity index is 512. The van der Waals surface area contributed by atoms with E-state index in [1.54, 1.807) is 13.2 Å². The minimum atomic E-state index is -0.246. The predicted octanol–water partition coefficient (Wildman–Crippen LogP) is -1.35. The summed E-state index contributed by atoms with van der Waals surface area (Å²) in [5, 5.41) is 10.1. The molecular weight excluding hydrogens is 248 g/mol. The number of hydrogen-bond acceptors (Lipinski definition) is 5. The summed E-state index contributed by atoms with van der Waals surface area (Å²) in [7, 11) is 1.57. The normalized spacial score (nSPS) is 13.9. The lowest BCUT2D eigenvalue weighted by Gasteiger charge is -2.16. The van der Waals surface area contributed by atoms with Crippen LogP contribution in [0.15, 0.2) is 10.9 Å². The molecule has 0 aliphatic carbocycles. The van der Waals surface area contributed by atoms with E-state index in [-0.39, 0.29) is 18.0 Å². The lowest BCUT2D eigenvalue weighted by Crippen LogP contribution is -2.37. The average molecular weight is 266 g/mol. The van der Waals surface area contributed by atoms with Gasteiger partial charge >= 0.3 is 0 Å². The maximum atomic E-state index is 11.8. The smallest absolute Gasteiger partial charge is 0.267 e. The zero-order valence-corrected chi connectivity index (χ0v) is 10.9.